The van der Waals surface area contributed by atoms with Crippen molar-refractivity contribution in [1.82, 2.24) is 9.80 Å². The quantitative estimate of drug-likeness (QED) is 0.807. The number of morpholine rings is 1. The molecule has 0 spiro atoms. The number of carbonyl (C=O) groups excluding carboxylic acids is 1. The molecule has 0 bridgehead atoms. The summed E-state index contributed by atoms with van der Waals surface area (Å²) in [6, 6.07) is 3.67. The molecular weight excluding hydrogens is 280 g/mol. The van der Waals surface area contributed by atoms with E-state index in [-0.39, 0.29) is 12.0 Å². The Balaban J connectivity index is 1.53. The minimum Gasteiger partial charge on any atom is -0.456 e. The van der Waals surface area contributed by atoms with Crippen LogP contribution in [0.25, 0.3) is 0 Å². The summed E-state index contributed by atoms with van der Waals surface area (Å²) in [7, 11) is 2.14. The highest BCUT2D eigenvalue weighted by atomic mass is 16.5. The molecule has 3 rings (SSSR count). The van der Waals surface area contributed by atoms with Crippen LogP contribution < -0.4 is 0 Å². The second kappa shape index (κ2) is 6.84. The molecule has 0 radical (unpaired) electrons. The molecule has 1 aromatic rings. The first-order valence-electron chi connectivity index (χ1n) is 8.34. The minimum absolute atomic E-state index is 0.0159. The maximum Gasteiger partial charge on any atom is 0.289 e. The number of aryl methyl sites for hydroxylation is 1. The molecule has 1 saturated heterocycles. The number of ether oxygens (including phenoxy) is 1. The van der Waals surface area contributed by atoms with Gasteiger partial charge in [0.2, 0.25) is 0 Å². The van der Waals surface area contributed by atoms with Gasteiger partial charge < -0.3 is 19.0 Å². The van der Waals surface area contributed by atoms with Gasteiger partial charge in [-0.05, 0) is 37.9 Å². The van der Waals surface area contributed by atoms with Crippen LogP contribution >= 0.6 is 0 Å². The number of amides is 1. The number of furan rings is 1. The first kappa shape index (κ1) is 15.6. The summed E-state index contributed by atoms with van der Waals surface area (Å²) in [6.07, 6.45) is 3.63. The molecule has 1 aliphatic heterocycles. The summed E-state index contributed by atoms with van der Waals surface area (Å²) in [5, 5.41) is 0. The van der Waals surface area contributed by atoms with E-state index in [9.17, 15) is 4.79 Å². The Labute approximate surface area is 132 Å². The standard InChI is InChI=1S/C17H26N2O3/c1-3-14-6-7-16(22-14)17(20)19-8-9-21-15(12-19)11-18(2)10-13-4-5-13/h6-7,13,15H,3-5,8-12H2,1-2H3. The SMILES string of the molecule is CCc1ccc(C(=O)N2CCOC(CN(C)CC3CC3)C2)o1. The van der Waals surface area contributed by atoms with Crippen LogP contribution in [0, 0.1) is 5.92 Å². The van der Waals surface area contributed by atoms with Crippen molar-refractivity contribution in [1.29, 1.82) is 0 Å². The van der Waals surface area contributed by atoms with Crippen LogP contribution in [0.1, 0.15) is 36.1 Å². The molecular formula is C17H26N2O3. The van der Waals surface area contributed by atoms with Crippen LogP contribution in [0.3, 0.4) is 0 Å². The van der Waals surface area contributed by atoms with Crippen molar-refractivity contribution in [2.45, 2.75) is 32.3 Å². The zero-order valence-corrected chi connectivity index (χ0v) is 13.6. The van der Waals surface area contributed by atoms with Gasteiger partial charge in [0.25, 0.3) is 5.91 Å². The third-order valence-electron chi connectivity index (χ3n) is 4.43. The van der Waals surface area contributed by atoms with Gasteiger partial charge in [0.1, 0.15) is 5.76 Å². The summed E-state index contributed by atoms with van der Waals surface area (Å²) < 4.78 is 11.4. The lowest BCUT2D eigenvalue weighted by Gasteiger charge is -2.34. The highest BCUT2D eigenvalue weighted by molar-refractivity contribution is 5.91. The summed E-state index contributed by atoms with van der Waals surface area (Å²) in [6.45, 7) is 5.95. The van der Waals surface area contributed by atoms with E-state index >= 15 is 0 Å². The molecule has 22 heavy (non-hydrogen) atoms. The van der Waals surface area contributed by atoms with Crippen molar-refractivity contribution in [2.75, 3.05) is 39.8 Å². The molecule has 1 amide bonds. The third kappa shape index (κ3) is 3.90. The van der Waals surface area contributed by atoms with Gasteiger partial charge in [0, 0.05) is 32.6 Å². The maximum atomic E-state index is 12.5. The molecule has 1 atom stereocenters. The number of nitrogens with zero attached hydrogens (tertiary/aromatic N) is 2. The van der Waals surface area contributed by atoms with Crippen molar-refractivity contribution in [2.24, 2.45) is 5.92 Å². The second-order valence-corrected chi connectivity index (χ2v) is 6.53. The van der Waals surface area contributed by atoms with E-state index in [1.54, 1.807) is 6.07 Å². The van der Waals surface area contributed by atoms with Crippen molar-refractivity contribution < 1.29 is 13.9 Å². The third-order valence-corrected chi connectivity index (χ3v) is 4.43. The van der Waals surface area contributed by atoms with E-state index in [4.69, 9.17) is 9.15 Å². The zero-order valence-electron chi connectivity index (χ0n) is 13.6. The molecule has 5 heteroatoms. The predicted octanol–water partition coefficient (Wildman–Crippen LogP) is 2.02. The molecule has 0 N–H and O–H groups in total. The van der Waals surface area contributed by atoms with E-state index in [1.165, 1.54) is 12.8 Å². The van der Waals surface area contributed by atoms with Crippen LogP contribution in [0.4, 0.5) is 0 Å². The zero-order chi connectivity index (χ0) is 15.5. The van der Waals surface area contributed by atoms with Gasteiger partial charge in [0.15, 0.2) is 5.76 Å². The summed E-state index contributed by atoms with van der Waals surface area (Å²) in [5.74, 6) is 2.17. The van der Waals surface area contributed by atoms with E-state index in [0.29, 0.717) is 25.5 Å². The molecule has 1 saturated carbocycles. The van der Waals surface area contributed by atoms with Crippen molar-refractivity contribution in [3.8, 4) is 0 Å². The fourth-order valence-electron chi connectivity index (χ4n) is 3.02. The fourth-order valence-corrected chi connectivity index (χ4v) is 3.02. The van der Waals surface area contributed by atoms with Crippen LogP contribution in [-0.4, -0.2) is 61.6 Å². The monoisotopic (exact) mass is 306 g/mol. The summed E-state index contributed by atoms with van der Waals surface area (Å²) in [4.78, 5) is 16.7. The molecule has 5 nitrogen and oxygen atoms in total. The molecule has 0 aromatic carbocycles. The molecule has 1 unspecified atom stereocenters. The second-order valence-electron chi connectivity index (χ2n) is 6.53. The Kier molecular flexibility index (Phi) is 4.84. The Morgan fingerprint density at radius 3 is 2.86 bits per heavy atom. The predicted molar refractivity (Wildman–Crippen MR) is 84.0 cm³/mol. The van der Waals surface area contributed by atoms with Crippen molar-refractivity contribution in [3.05, 3.63) is 23.7 Å². The lowest BCUT2D eigenvalue weighted by atomic mass is 10.2. The van der Waals surface area contributed by atoms with E-state index < -0.39 is 0 Å². The first-order valence-corrected chi connectivity index (χ1v) is 8.34. The normalized spacial score (nSPS) is 22.3. The lowest BCUT2D eigenvalue weighted by Crippen LogP contribution is -2.49. The average molecular weight is 306 g/mol. The number of likely N-dealkylation sites (N-methyl/N-ethyl adjacent to an activating group) is 1. The van der Waals surface area contributed by atoms with Crippen molar-refractivity contribution >= 4 is 5.91 Å². The average Bonchev–Trinajstić information content (AvgIpc) is 3.19. The van der Waals surface area contributed by atoms with Gasteiger partial charge in [-0.2, -0.15) is 0 Å². The Hall–Kier alpha value is -1.33. The van der Waals surface area contributed by atoms with Gasteiger partial charge in [-0.1, -0.05) is 6.92 Å². The molecule has 2 aliphatic rings. The molecule has 2 fully saturated rings. The van der Waals surface area contributed by atoms with Gasteiger partial charge >= 0.3 is 0 Å². The van der Waals surface area contributed by atoms with E-state index in [1.807, 2.05) is 17.9 Å². The minimum atomic E-state index is -0.0159. The highest BCUT2D eigenvalue weighted by Crippen LogP contribution is 2.29. The summed E-state index contributed by atoms with van der Waals surface area (Å²) >= 11 is 0. The Bertz CT molecular complexity index is 510. The number of rotatable bonds is 6. The largest absolute Gasteiger partial charge is 0.456 e. The van der Waals surface area contributed by atoms with Crippen LogP contribution in [-0.2, 0) is 11.2 Å². The van der Waals surface area contributed by atoms with Crippen molar-refractivity contribution in [3.63, 3.8) is 0 Å². The molecule has 1 aliphatic carbocycles. The number of hydrogen-bond donors (Lipinski definition) is 0. The van der Waals surface area contributed by atoms with Gasteiger partial charge in [-0.3, -0.25) is 4.79 Å². The summed E-state index contributed by atoms with van der Waals surface area (Å²) in [5.41, 5.74) is 0. The van der Waals surface area contributed by atoms with Gasteiger partial charge in [-0.25, -0.2) is 0 Å². The Morgan fingerprint density at radius 2 is 2.18 bits per heavy atom. The number of carbonyl (C=O) groups is 1. The van der Waals surface area contributed by atoms with Crippen LogP contribution in [0.2, 0.25) is 0 Å². The maximum absolute atomic E-state index is 12.5. The molecule has 1 aromatic heterocycles. The number of hydrogen-bond acceptors (Lipinski definition) is 4. The molecule has 2 heterocycles. The van der Waals surface area contributed by atoms with E-state index in [2.05, 4.69) is 11.9 Å². The highest BCUT2D eigenvalue weighted by Gasteiger charge is 2.29. The Morgan fingerprint density at radius 1 is 1.36 bits per heavy atom. The fraction of sp³-hybridized carbons (Fsp3) is 0.706. The van der Waals surface area contributed by atoms with Gasteiger partial charge in [0.05, 0.1) is 12.7 Å². The topological polar surface area (TPSA) is 45.9 Å². The molecule has 122 valence electrons. The van der Waals surface area contributed by atoms with Gasteiger partial charge in [-0.15, -0.1) is 0 Å². The van der Waals surface area contributed by atoms with Crippen LogP contribution in [0.15, 0.2) is 16.5 Å². The van der Waals surface area contributed by atoms with E-state index in [0.717, 1.165) is 31.2 Å². The first-order chi connectivity index (χ1) is 10.7. The smallest absolute Gasteiger partial charge is 0.289 e. The lowest BCUT2D eigenvalue weighted by molar-refractivity contribution is -0.0342. The van der Waals surface area contributed by atoms with Crippen LogP contribution in [0.5, 0.6) is 0 Å².